The maximum atomic E-state index is 13.1. The Morgan fingerprint density at radius 2 is 1.59 bits per heavy atom. The second-order valence-corrected chi connectivity index (χ2v) is 14.7. The number of urea groups is 1. The highest BCUT2D eigenvalue weighted by atomic mass is 32.2. The van der Waals surface area contributed by atoms with E-state index < -0.39 is 12.3 Å². The minimum atomic E-state index is -1.02. The number of amides is 2. The number of pyridine rings is 1. The molecule has 3 aromatic rings. The van der Waals surface area contributed by atoms with Gasteiger partial charge in [0.15, 0.2) is 6.29 Å². The Bertz CT molecular complexity index is 1530. The largest absolute Gasteiger partial charge is 0.478 e. The Morgan fingerprint density at radius 1 is 0.935 bits per heavy atom. The number of aromatic nitrogens is 1. The highest BCUT2D eigenvalue weighted by Gasteiger charge is 2.51. The van der Waals surface area contributed by atoms with E-state index in [1.165, 1.54) is 31.0 Å². The third kappa shape index (κ3) is 6.53. The molecule has 4 N–H and O–H groups in total. The number of carbonyl (C=O) groups is 2. The van der Waals surface area contributed by atoms with E-state index in [9.17, 15) is 19.8 Å². The standard InChI is InChI=1S/C36H41N3O6S/c1-21-30(20-46-32-29(33(41)42)3-2-12-37-32)44-34(45-31(21)26-6-4-22(19-40)5-7-26)27-8-10-28(11-9-27)38-35(43)39-36-16-23-13-24(17-36)15-25(14-23)18-36/h2-12,21,23-25,30-31,34,40H,13-20H2,1H3,(H,41,42)(H2,38,39,43). The van der Waals surface area contributed by atoms with E-state index >= 15 is 0 Å². The van der Waals surface area contributed by atoms with Gasteiger partial charge in [0.05, 0.1) is 24.4 Å². The molecular formula is C36H41N3O6S. The summed E-state index contributed by atoms with van der Waals surface area (Å²) in [4.78, 5) is 29.2. The van der Waals surface area contributed by atoms with E-state index in [0.29, 0.717) is 16.5 Å². The highest BCUT2D eigenvalue weighted by Crippen LogP contribution is 2.55. The van der Waals surface area contributed by atoms with E-state index in [4.69, 9.17) is 9.47 Å². The molecule has 1 saturated heterocycles. The molecule has 46 heavy (non-hydrogen) atoms. The maximum absolute atomic E-state index is 13.1. The first-order valence-electron chi connectivity index (χ1n) is 16.3. The van der Waals surface area contributed by atoms with Crippen molar-refractivity contribution in [2.24, 2.45) is 23.7 Å². The van der Waals surface area contributed by atoms with Gasteiger partial charge in [-0.05, 0) is 91.7 Å². The zero-order valence-electron chi connectivity index (χ0n) is 25.9. The van der Waals surface area contributed by atoms with E-state index in [1.807, 2.05) is 48.5 Å². The van der Waals surface area contributed by atoms with Crippen LogP contribution in [0.4, 0.5) is 10.5 Å². The molecule has 9 nitrogen and oxygen atoms in total. The summed E-state index contributed by atoms with van der Waals surface area (Å²) < 4.78 is 13.1. The van der Waals surface area contributed by atoms with Crippen LogP contribution in [0.2, 0.25) is 0 Å². The highest BCUT2D eigenvalue weighted by molar-refractivity contribution is 7.99. The lowest BCUT2D eigenvalue weighted by Gasteiger charge is -2.56. The van der Waals surface area contributed by atoms with Gasteiger partial charge in [-0.25, -0.2) is 14.6 Å². The molecule has 0 radical (unpaired) electrons. The lowest BCUT2D eigenvalue weighted by molar-refractivity contribution is -0.268. The number of aromatic carboxylic acids is 1. The van der Waals surface area contributed by atoms with Crippen molar-refractivity contribution in [1.82, 2.24) is 10.3 Å². The number of carbonyl (C=O) groups excluding carboxylic acids is 1. The molecule has 1 aliphatic heterocycles. The van der Waals surface area contributed by atoms with Gasteiger partial charge in [0, 0.05) is 34.7 Å². The van der Waals surface area contributed by atoms with Crippen LogP contribution in [0.5, 0.6) is 0 Å². The summed E-state index contributed by atoms with van der Waals surface area (Å²) in [5.74, 6) is 1.67. The van der Waals surface area contributed by atoms with Gasteiger partial charge in [-0.1, -0.05) is 43.3 Å². The molecular weight excluding hydrogens is 602 g/mol. The molecule has 2 heterocycles. The van der Waals surface area contributed by atoms with Gasteiger partial charge in [0.2, 0.25) is 0 Å². The van der Waals surface area contributed by atoms with Crippen LogP contribution in [0.15, 0.2) is 71.9 Å². The Morgan fingerprint density at radius 3 is 2.22 bits per heavy atom. The fraction of sp³-hybridized carbons (Fsp3) is 0.472. The van der Waals surface area contributed by atoms with Gasteiger partial charge in [-0.15, -0.1) is 11.8 Å². The lowest BCUT2D eigenvalue weighted by atomic mass is 9.53. The molecule has 242 valence electrons. The number of carboxylic acid groups (broad SMARTS) is 1. The van der Waals surface area contributed by atoms with Crippen molar-refractivity contribution >= 4 is 29.4 Å². The number of ether oxygens (including phenoxy) is 2. The molecule has 4 atom stereocenters. The molecule has 2 aromatic carbocycles. The van der Waals surface area contributed by atoms with Crippen LogP contribution >= 0.6 is 11.8 Å². The molecule has 4 bridgehead atoms. The second kappa shape index (κ2) is 13.0. The number of rotatable bonds is 9. The van der Waals surface area contributed by atoms with Crippen LogP contribution in [0, 0.1) is 23.7 Å². The Labute approximate surface area is 273 Å². The number of carboxylic acids is 1. The van der Waals surface area contributed by atoms with Gasteiger partial charge in [-0.3, -0.25) is 0 Å². The van der Waals surface area contributed by atoms with Gasteiger partial charge in [0.25, 0.3) is 0 Å². The number of aliphatic hydroxyl groups excluding tert-OH is 1. The third-order valence-electron chi connectivity index (χ3n) is 10.4. The van der Waals surface area contributed by atoms with Crippen molar-refractivity contribution in [2.45, 2.75) is 81.1 Å². The number of nitrogens with zero attached hydrogens (tertiary/aromatic N) is 1. The molecule has 10 heteroatoms. The number of anilines is 1. The van der Waals surface area contributed by atoms with Crippen LogP contribution in [0.25, 0.3) is 0 Å². The van der Waals surface area contributed by atoms with Crippen molar-refractivity contribution in [3.63, 3.8) is 0 Å². The molecule has 4 aliphatic carbocycles. The first-order chi connectivity index (χ1) is 22.3. The minimum Gasteiger partial charge on any atom is -0.478 e. The average Bonchev–Trinajstić information content (AvgIpc) is 3.04. The summed E-state index contributed by atoms with van der Waals surface area (Å²) in [6.07, 6.45) is 7.61. The SMILES string of the molecule is CC1C(CSc2ncccc2C(=O)O)OC(c2ccc(NC(=O)NC34CC5CC(CC(C5)C3)C4)cc2)OC1c1ccc(CO)cc1. The normalized spacial score (nSPS) is 31.4. The van der Waals surface area contributed by atoms with Gasteiger partial charge in [-0.2, -0.15) is 0 Å². The van der Waals surface area contributed by atoms with Crippen molar-refractivity contribution in [3.8, 4) is 0 Å². The van der Waals surface area contributed by atoms with E-state index in [0.717, 1.165) is 53.7 Å². The molecule has 8 rings (SSSR count). The van der Waals surface area contributed by atoms with Crippen molar-refractivity contribution in [2.75, 3.05) is 11.1 Å². The quantitative estimate of drug-likeness (QED) is 0.185. The Balaban J connectivity index is 1.05. The van der Waals surface area contributed by atoms with Crippen LogP contribution in [-0.4, -0.2) is 44.6 Å². The molecule has 5 aliphatic rings. The average molecular weight is 644 g/mol. The molecule has 5 fully saturated rings. The number of nitrogens with one attached hydrogen (secondary N) is 2. The summed E-state index contributed by atoms with van der Waals surface area (Å²) in [5, 5.41) is 26.0. The minimum absolute atomic E-state index is 0.0384. The first kappa shape index (κ1) is 31.2. The Hall–Kier alpha value is -3.44. The second-order valence-electron chi connectivity index (χ2n) is 13.7. The van der Waals surface area contributed by atoms with E-state index in [-0.39, 0.29) is 41.9 Å². The molecule has 4 unspecified atom stereocenters. The van der Waals surface area contributed by atoms with E-state index in [1.54, 1.807) is 18.3 Å². The zero-order chi connectivity index (χ0) is 31.8. The molecule has 2 amide bonds. The monoisotopic (exact) mass is 643 g/mol. The van der Waals surface area contributed by atoms with Crippen molar-refractivity contribution in [1.29, 1.82) is 0 Å². The van der Waals surface area contributed by atoms with Gasteiger partial charge < -0.3 is 30.3 Å². The van der Waals surface area contributed by atoms with Crippen molar-refractivity contribution in [3.05, 3.63) is 89.1 Å². The van der Waals surface area contributed by atoms with Crippen LogP contribution in [0.3, 0.4) is 0 Å². The van der Waals surface area contributed by atoms with Crippen LogP contribution < -0.4 is 10.6 Å². The fourth-order valence-electron chi connectivity index (χ4n) is 8.53. The molecule has 4 saturated carbocycles. The summed E-state index contributed by atoms with van der Waals surface area (Å²) in [7, 11) is 0. The topological polar surface area (TPSA) is 130 Å². The maximum Gasteiger partial charge on any atom is 0.338 e. The third-order valence-corrected chi connectivity index (χ3v) is 11.5. The van der Waals surface area contributed by atoms with Crippen LogP contribution in [0.1, 0.15) is 84.9 Å². The van der Waals surface area contributed by atoms with E-state index in [2.05, 4.69) is 22.5 Å². The van der Waals surface area contributed by atoms with Gasteiger partial charge in [0.1, 0.15) is 5.03 Å². The Kier molecular flexibility index (Phi) is 8.80. The fourth-order valence-corrected chi connectivity index (χ4v) is 9.68. The summed E-state index contributed by atoms with van der Waals surface area (Å²) >= 11 is 1.36. The summed E-state index contributed by atoms with van der Waals surface area (Å²) in [6, 6.07) is 18.3. The number of thioether (sulfide) groups is 1. The smallest absolute Gasteiger partial charge is 0.338 e. The predicted molar refractivity (Wildman–Crippen MR) is 174 cm³/mol. The van der Waals surface area contributed by atoms with Crippen molar-refractivity contribution < 1.29 is 29.3 Å². The predicted octanol–water partition coefficient (Wildman–Crippen LogP) is 6.95. The number of hydrogen-bond acceptors (Lipinski definition) is 7. The lowest BCUT2D eigenvalue weighted by Crippen LogP contribution is -2.60. The number of hydrogen-bond donors (Lipinski definition) is 4. The summed E-state index contributed by atoms with van der Waals surface area (Å²) in [6.45, 7) is 2.03. The summed E-state index contributed by atoms with van der Waals surface area (Å²) in [5.41, 5.74) is 3.41. The number of aliphatic hydroxyl groups is 1. The molecule has 1 aromatic heterocycles. The molecule has 0 spiro atoms. The van der Waals surface area contributed by atoms with Gasteiger partial charge >= 0.3 is 12.0 Å². The first-order valence-corrected chi connectivity index (χ1v) is 17.3. The zero-order valence-corrected chi connectivity index (χ0v) is 26.7. The number of benzene rings is 2. The van der Waals surface area contributed by atoms with Crippen LogP contribution in [-0.2, 0) is 16.1 Å².